The SMILES string of the molecule is CCCCC(N)(C(=O)O)n1c(C=O)ccc1CO. The van der Waals surface area contributed by atoms with Gasteiger partial charge < -0.3 is 14.8 Å². The number of carboxylic acid groups (broad SMARTS) is 1. The van der Waals surface area contributed by atoms with Crippen molar-refractivity contribution in [2.45, 2.75) is 38.5 Å². The van der Waals surface area contributed by atoms with E-state index in [1.165, 1.54) is 16.7 Å². The Morgan fingerprint density at radius 3 is 2.67 bits per heavy atom. The molecule has 1 atom stereocenters. The zero-order valence-electron chi connectivity index (χ0n) is 10.3. The molecule has 0 amide bonds. The number of aliphatic hydroxyl groups is 1. The first-order chi connectivity index (χ1) is 8.51. The van der Waals surface area contributed by atoms with Gasteiger partial charge in [0.1, 0.15) is 0 Å². The summed E-state index contributed by atoms with van der Waals surface area (Å²) in [5, 5.41) is 18.5. The molecule has 0 aliphatic heterocycles. The molecular formula is C12H18N2O4. The van der Waals surface area contributed by atoms with Crippen molar-refractivity contribution in [3.8, 4) is 0 Å². The summed E-state index contributed by atoms with van der Waals surface area (Å²) in [6, 6.07) is 2.95. The van der Waals surface area contributed by atoms with Crippen LogP contribution in [0.3, 0.4) is 0 Å². The fraction of sp³-hybridized carbons (Fsp3) is 0.500. The molecule has 0 spiro atoms. The zero-order valence-corrected chi connectivity index (χ0v) is 10.3. The summed E-state index contributed by atoms with van der Waals surface area (Å²) in [6.07, 6.45) is 2.14. The maximum Gasteiger partial charge on any atom is 0.344 e. The molecule has 1 heterocycles. The lowest BCUT2D eigenvalue weighted by atomic mass is 10.0. The van der Waals surface area contributed by atoms with Crippen LogP contribution < -0.4 is 5.73 Å². The first kappa shape index (κ1) is 14.4. The van der Waals surface area contributed by atoms with Gasteiger partial charge in [0, 0.05) is 5.69 Å². The third kappa shape index (κ3) is 2.44. The van der Waals surface area contributed by atoms with Crippen molar-refractivity contribution >= 4 is 12.3 Å². The lowest BCUT2D eigenvalue weighted by Crippen LogP contribution is -2.51. The van der Waals surface area contributed by atoms with Crippen molar-refractivity contribution in [3.63, 3.8) is 0 Å². The fourth-order valence-electron chi connectivity index (χ4n) is 1.96. The number of rotatable bonds is 7. The van der Waals surface area contributed by atoms with Crippen molar-refractivity contribution < 1.29 is 19.8 Å². The molecule has 0 aromatic carbocycles. The predicted octanol–water partition coefficient (Wildman–Crippen LogP) is 0.679. The van der Waals surface area contributed by atoms with Gasteiger partial charge in [0.2, 0.25) is 0 Å². The molecule has 6 heteroatoms. The van der Waals surface area contributed by atoms with E-state index in [0.717, 1.165) is 6.42 Å². The van der Waals surface area contributed by atoms with Crippen LogP contribution in [0.2, 0.25) is 0 Å². The van der Waals surface area contributed by atoms with Crippen molar-refractivity contribution in [2.24, 2.45) is 5.73 Å². The van der Waals surface area contributed by atoms with Gasteiger partial charge in [-0.15, -0.1) is 0 Å². The highest BCUT2D eigenvalue weighted by molar-refractivity contribution is 5.80. The highest BCUT2D eigenvalue weighted by Gasteiger charge is 2.38. The van der Waals surface area contributed by atoms with Gasteiger partial charge in [0.05, 0.1) is 12.3 Å². The molecule has 0 saturated heterocycles. The zero-order chi connectivity index (χ0) is 13.8. The molecule has 0 saturated carbocycles. The maximum absolute atomic E-state index is 11.4. The highest BCUT2D eigenvalue weighted by atomic mass is 16.4. The van der Waals surface area contributed by atoms with Crippen molar-refractivity contribution in [3.05, 3.63) is 23.5 Å². The predicted molar refractivity (Wildman–Crippen MR) is 65.1 cm³/mol. The Labute approximate surface area is 105 Å². The van der Waals surface area contributed by atoms with Crippen LogP contribution in [0, 0.1) is 0 Å². The first-order valence-corrected chi connectivity index (χ1v) is 5.80. The van der Waals surface area contributed by atoms with Crippen LogP contribution in [0.25, 0.3) is 0 Å². The number of aliphatic hydroxyl groups excluding tert-OH is 1. The number of carbonyl (C=O) groups is 2. The molecule has 1 rings (SSSR count). The molecule has 1 aromatic heterocycles. The third-order valence-electron chi connectivity index (χ3n) is 2.96. The first-order valence-electron chi connectivity index (χ1n) is 5.80. The molecule has 0 aliphatic rings. The van der Waals surface area contributed by atoms with E-state index in [1.807, 2.05) is 6.92 Å². The van der Waals surface area contributed by atoms with Crippen LogP contribution >= 0.6 is 0 Å². The number of aromatic nitrogens is 1. The standard InChI is InChI=1S/C12H18N2O4/c1-2-3-6-12(13,11(17)18)14-9(7-15)4-5-10(14)8-16/h4-5,7,16H,2-3,6,8,13H2,1H3,(H,17,18). The summed E-state index contributed by atoms with van der Waals surface area (Å²) in [4.78, 5) is 22.4. The van der Waals surface area contributed by atoms with Crippen molar-refractivity contribution in [1.29, 1.82) is 0 Å². The van der Waals surface area contributed by atoms with Crippen LogP contribution in [-0.2, 0) is 17.1 Å². The van der Waals surface area contributed by atoms with Gasteiger partial charge in [-0.25, -0.2) is 4.79 Å². The van der Waals surface area contributed by atoms with Gasteiger partial charge in [-0.2, -0.15) is 0 Å². The molecular weight excluding hydrogens is 236 g/mol. The van der Waals surface area contributed by atoms with Crippen LogP contribution in [-0.4, -0.2) is 27.0 Å². The van der Waals surface area contributed by atoms with Crippen molar-refractivity contribution in [1.82, 2.24) is 4.57 Å². The quantitative estimate of drug-likeness (QED) is 0.620. The Morgan fingerprint density at radius 1 is 1.56 bits per heavy atom. The number of unbranched alkanes of at least 4 members (excludes halogenated alkanes) is 1. The summed E-state index contributed by atoms with van der Waals surface area (Å²) < 4.78 is 1.21. The second kappa shape index (κ2) is 5.79. The molecule has 1 aromatic rings. The molecule has 0 aliphatic carbocycles. The van der Waals surface area contributed by atoms with E-state index in [4.69, 9.17) is 5.73 Å². The average Bonchev–Trinajstić information content (AvgIpc) is 2.78. The number of aliphatic carboxylic acids is 1. The second-order valence-corrected chi connectivity index (χ2v) is 4.19. The Bertz CT molecular complexity index is 441. The normalized spacial score (nSPS) is 14.2. The summed E-state index contributed by atoms with van der Waals surface area (Å²) in [6.45, 7) is 1.55. The topological polar surface area (TPSA) is 106 Å². The van der Waals surface area contributed by atoms with E-state index in [1.54, 1.807) is 0 Å². The number of nitrogens with two attached hydrogens (primary N) is 1. The number of carboxylic acids is 1. The van der Waals surface area contributed by atoms with E-state index in [0.29, 0.717) is 18.4 Å². The Hall–Kier alpha value is -1.66. The van der Waals surface area contributed by atoms with Gasteiger partial charge in [0.25, 0.3) is 0 Å². The highest BCUT2D eigenvalue weighted by Crippen LogP contribution is 2.24. The van der Waals surface area contributed by atoms with E-state index >= 15 is 0 Å². The van der Waals surface area contributed by atoms with Crippen LogP contribution in [0.1, 0.15) is 42.4 Å². The number of hydrogen-bond acceptors (Lipinski definition) is 4. The van der Waals surface area contributed by atoms with Gasteiger partial charge in [-0.1, -0.05) is 13.3 Å². The largest absolute Gasteiger partial charge is 0.478 e. The molecule has 0 fully saturated rings. The minimum atomic E-state index is -1.70. The van der Waals surface area contributed by atoms with Gasteiger partial charge in [-0.3, -0.25) is 10.5 Å². The van der Waals surface area contributed by atoms with Crippen LogP contribution in [0.15, 0.2) is 12.1 Å². The summed E-state index contributed by atoms with van der Waals surface area (Å²) in [5.41, 5.74) is 4.71. The number of aldehydes is 1. The lowest BCUT2D eigenvalue weighted by Gasteiger charge is -2.29. The maximum atomic E-state index is 11.4. The third-order valence-corrected chi connectivity index (χ3v) is 2.96. The average molecular weight is 254 g/mol. The van der Waals surface area contributed by atoms with E-state index in [-0.39, 0.29) is 18.7 Å². The molecule has 18 heavy (non-hydrogen) atoms. The molecule has 1 unspecified atom stereocenters. The Balaban J connectivity index is 3.31. The van der Waals surface area contributed by atoms with Gasteiger partial charge in [0.15, 0.2) is 11.9 Å². The summed E-state index contributed by atoms with van der Waals surface area (Å²) in [7, 11) is 0. The molecule has 100 valence electrons. The summed E-state index contributed by atoms with van der Waals surface area (Å²) in [5.74, 6) is -1.22. The molecule has 6 nitrogen and oxygen atoms in total. The number of hydrogen-bond donors (Lipinski definition) is 3. The number of carbonyl (C=O) groups excluding carboxylic acids is 1. The fourth-order valence-corrected chi connectivity index (χ4v) is 1.96. The molecule has 4 N–H and O–H groups in total. The van der Waals surface area contributed by atoms with E-state index in [9.17, 15) is 19.8 Å². The lowest BCUT2D eigenvalue weighted by molar-refractivity contribution is -0.148. The van der Waals surface area contributed by atoms with Crippen LogP contribution in [0.4, 0.5) is 0 Å². The van der Waals surface area contributed by atoms with E-state index in [2.05, 4.69) is 0 Å². The molecule has 0 bridgehead atoms. The minimum Gasteiger partial charge on any atom is -0.478 e. The minimum absolute atomic E-state index is 0.153. The van der Waals surface area contributed by atoms with Crippen molar-refractivity contribution in [2.75, 3.05) is 0 Å². The Morgan fingerprint density at radius 2 is 2.22 bits per heavy atom. The van der Waals surface area contributed by atoms with Gasteiger partial charge in [-0.05, 0) is 25.0 Å². The monoisotopic (exact) mass is 254 g/mol. The van der Waals surface area contributed by atoms with Crippen LogP contribution in [0.5, 0.6) is 0 Å². The number of nitrogens with zero attached hydrogens (tertiary/aromatic N) is 1. The van der Waals surface area contributed by atoms with E-state index < -0.39 is 11.6 Å². The second-order valence-electron chi connectivity index (χ2n) is 4.19. The Kier molecular flexibility index (Phi) is 4.63. The smallest absolute Gasteiger partial charge is 0.344 e. The van der Waals surface area contributed by atoms with Gasteiger partial charge >= 0.3 is 5.97 Å². The molecule has 0 radical (unpaired) electrons. The summed E-state index contributed by atoms with van der Waals surface area (Å²) >= 11 is 0.